The summed E-state index contributed by atoms with van der Waals surface area (Å²) in [5, 5.41) is 0. The number of alkyl halides is 2. The van der Waals surface area contributed by atoms with Crippen molar-refractivity contribution < 1.29 is 8.78 Å². The summed E-state index contributed by atoms with van der Waals surface area (Å²) in [5.41, 5.74) is 15.1. The minimum absolute atomic E-state index is 0.571. The first-order chi connectivity index (χ1) is 42.8. The maximum Gasteiger partial charge on any atom is 0.235 e. The molecule has 0 bridgehead atoms. The van der Waals surface area contributed by atoms with Crippen molar-refractivity contribution >= 4 is 0 Å². The predicted octanol–water partition coefficient (Wildman–Crippen LogP) is 29.4. The molecule has 2 heteroatoms. The lowest BCUT2D eigenvalue weighted by molar-refractivity contribution is 0.171. The fourth-order valence-corrected chi connectivity index (χ4v) is 7.76. The van der Waals surface area contributed by atoms with Crippen LogP contribution in [0.4, 0.5) is 8.78 Å². The van der Waals surface area contributed by atoms with Crippen molar-refractivity contribution in [3.8, 4) is 22.3 Å². The Morgan fingerprint density at radius 2 is 0.348 bits per heavy atom. The monoisotopic (exact) mass is 1210 g/mol. The fraction of sp³-hybridized carbons (Fsp3) is 0.379. The van der Waals surface area contributed by atoms with E-state index in [0.717, 1.165) is 6.92 Å². The Hall–Kier alpha value is -7.16. The van der Waals surface area contributed by atoms with Crippen molar-refractivity contribution in [3.05, 3.63) is 300 Å². The molecule has 0 N–H and O–H groups in total. The highest BCUT2D eigenvalue weighted by molar-refractivity contribution is 5.68. The third kappa shape index (κ3) is 44.9. The fourth-order valence-electron chi connectivity index (χ4n) is 7.76. The first-order valence-corrected chi connectivity index (χ1v) is 33.6. The summed E-state index contributed by atoms with van der Waals surface area (Å²) >= 11 is 0. The van der Waals surface area contributed by atoms with Crippen LogP contribution < -0.4 is 0 Å². The van der Waals surface area contributed by atoms with E-state index in [2.05, 4.69) is 321 Å². The lowest BCUT2D eigenvalue weighted by Crippen LogP contribution is -1.91. The molecular formula is C87H126F2. The van der Waals surface area contributed by atoms with Crippen LogP contribution in [0, 0.1) is 0 Å². The van der Waals surface area contributed by atoms with E-state index in [1.54, 1.807) is 0 Å². The molecule has 9 aromatic rings. The van der Waals surface area contributed by atoms with Crippen molar-refractivity contribution in [1.82, 2.24) is 0 Å². The Morgan fingerprint density at radius 1 is 0.180 bits per heavy atom. The molecule has 0 aliphatic rings. The quantitative estimate of drug-likeness (QED) is 0.135. The third-order valence-electron chi connectivity index (χ3n) is 12.7. The van der Waals surface area contributed by atoms with Gasteiger partial charge in [0.2, 0.25) is 6.43 Å². The summed E-state index contributed by atoms with van der Waals surface area (Å²) in [5.74, 6) is 4.47. The van der Waals surface area contributed by atoms with Gasteiger partial charge in [0.05, 0.1) is 0 Å². The SMILES string of the molecule is CC.CC.CC.CC.CC.CC(C)c1ccc(-c2ccccc2)cc1.CC(C)c1ccccc1.CC(C)c1ccccc1.CC(C)c1ccccc1.CC(C)c1ccccc1.CC(C)c1ccccc1.CC(C)c1ccccc1-c1ccccc1.CC(F)F. The largest absolute Gasteiger partial charge is 0.235 e. The lowest BCUT2D eigenvalue weighted by atomic mass is 9.93. The molecule has 0 heterocycles. The van der Waals surface area contributed by atoms with Crippen molar-refractivity contribution in [2.45, 2.75) is 221 Å². The van der Waals surface area contributed by atoms with Crippen LogP contribution in [0.15, 0.2) is 261 Å². The van der Waals surface area contributed by atoms with Crippen LogP contribution in [0.1, 0.15) is 253 Å². The molecule has 89 heavy (non-hydrogen) atoms. The highest BCUT2D eigenvalue weighted by Gasteiger charge is 2.07. The molecule has 488 valence electrons. The van der Waals surface area contributed by atoms with Gasteiger partial charge in [0.1, 0.15) is 0 Å². The Labute approximate surface area is 548 Å². The van der Waals surface area contributed by atoms with Gasteiger partial charge < -0.3 is 0 Å². The van der Waals surface area contributed by atoms with Crippen LogP contribution in [-0.4, -0.2) is 6.43 Å². The van der Waals surface area contributed by atoms with E-state index in [1.807, 2.05) is 106 Å². The molecule has 0 aliphatic heterocycles. The number of hydrogen-bond acceptors (Lipinski definition) is 0. The molecule has 0 aliphatic carbocycles. The third-order valence-corrected chi connectivity index (χ3v) is 12.7. The zero-order valence-corrected chi connectivity index (χ0v) is 60.7. The molecule has 0 fully saturated rings. The Bertz CT molecular complexity index is 2530. The molecule has 0 saturated heterocycles. The van der Waals surface area contributed by atoms with Gasteiger partial charge in [-0.05, 0) is 110 Å². The van der Waals surface area contributed by atoms with Crippen molar-refractivity contribution in [2.75, 3.05) is 0 Å². The Morgan fingerprint density at radius 3 is 0.551 bits per heavy atom. The van der Waals surface area contributed by atoms with Crippen LogP contribution >= 0.6 is 0 Å². The van der Waals surface area contributed by atoms with Crippen molar-refractivity contribution in [1.29, 1.82) is 0 Å². The normalized spacial score (nSPS) is 9.43. The molecule has 0 spiro atoms. The van der Waals surface area contributed by atoms with E-state index in [9.17, 15) is 8.78 Å². The maximum atomic E-state index is 10.3. The Kier molecular flexibility index (Phi) is 59.3. The second kappa shape index (κ2) is 59.8. The highest BCUT2D eigenvalue weighted by atomic mass is 19.3. The van der Waals surface area contributed by atoms with E-state index < -0.39 is 6.43 Å². The number of halogens is 2. The summed E-state index contributed by atoms with van der Waals surface area (Å²) in [6, 6.07) is 91.1. The molecule has 0 saturated carbocycles. The van der Waals surface area contributed by atoms with Gasteiger partial charge in [-0.2, -0.15) is 0 Å². The van der Waals surface area contributed by atoms with E-state index in [4.69, 9.17) is 0 Å². The molecule has 0 unspecified atom stereocenters. The van der Waals surface area contributed by atoms with E-state index >= 15 is 0 Å². The minimum atomic E-state index is -2.17. The van der Waals surface area contributed by atoms with Gasteiger partial charge in [0.15, 0.2) is 0 Å². The molecule has 0 amide bonds. The van der Waals surface area contributed by atoms with Crippen LogP contribution in [0.3, 0.4) is 0 Å². The summed E-state index contributed by atoms with van der Waals surface area (Å²) in [6.45, 7) is 51.8. The summed E-state index contributed by atoms with van der Waals surface area (Å²) in [4.78, 5) is 0. The zero-order chi connectivity index (χ0) is 68.4. The summed E-state index contributed by atoms with van der Waals surface area (Å²) in [7, 11) is 0. The van der Waals surface area contributed by atoms with Gasteiger partial charge in [0, 0.05) is 0 Å². The van der Waals surface area contributed by atoms with Gasteiger partial charge in [-0.1, -0.05) is 427 Å². The van der Waals surface area contributed by atoms with Gasteiger partial charge in [-0.15, -0.1) is 0 Å². The number of rotatable bonds is 9. The first kappa shape index (κ1) is 88.3. The number of hydrogen-bond donors (Lipinski definition) is 0. The summed E-state index contributed by atoms with van der Waals surface area (Å²) in [6.07, 6.45) is -2.17. The second-order valence-electron chi connectivity index (χ2n) is 21.6. The van der Waals surface area contributed by atoms with E-state index in [-0.39, 0.29) is 0 Å². The van der Waals surface area contributed by atoms with Crippen LogP contribution in [0.5, 0.6) is 0 Å². The Balaban J connectivity index is -0.000000462. The highest BCUT2D eigenvalue weighted by Crippen LogP contribution is 2.29. The maximum absolute atomic E-state index is 10.3. The molecule has 0 radical (unpaired) electrons. The van der Waals surface area contributed by atoms with Gasteiger partial charge in [0.25, 0.3) is 0 Å². The van der Waals surface area contributed by atoms with Crippen LogP contribution in [0.25, 0.3) is 22.3 Å². The van der Waals surface area contributed by atoms with Crippen LogP contribution in [0.2, 0.25) is 0 Å². The average molecular weight is 1210 g/mol. The second-order valence-corrected chi connectivity index (χ2v) is 21.6. The standard InChI is InChI=1S/2C15H16.5C9H12.C2H4F2.5C2H6/c1-12(2)14-10-6-7-11-15(14)13-8-4-3-5-9-13;1-12(2)13-8-10-15(11-9-13)14-6-4-3-5-7-14;5*1-8(2)9-6-4-3-5-7-9;1-2(3)4;5*1-2/h2*3-12H,1-2H3;5*3-8H,1-2H3;2H,1H3;5*1-2H3. The topological polar surface area (TPSA) is 0 Å². The van der Waals surface area contributed by atoms with Gasteiger partial charge in [-0.3, -0.25) is 0 Å². The predicted molar refractivity (Wildman–Crippen MR) is 403 cm³/mol. The smallest absolute Gasteiger partial charge is 0.211 e. The van der Waals surface area contributed by atoms with E-state index in [1.165, 1.54) is 61.2 Å². The molecule has 0 aromatic heterocycles. The zero-order valence-electron chi connectivity index (χ0n) is 60.7. The van der Waals surface area contributed by atoms with Gasteiger partial charge >= 0.3 is 0 Å². The minimum Gasteiger partial charge on any atom is -0.211 e. The van der Waals surface area contributed by atoms with Gasteiger partial charge in [-0.25, -0.2) is 8.78 Å². The van der Waals surface area contributed by atoms with Crippen LogP contribution in [-0.2, 0) is 0 Å². The van der Waals surface area contributed by atoms with Crippen molar-refractivity contribution in [3.63, 3.8) is 0 Å². The lowest BCUT2D eigenvalue weighted by Gasteiger charge is -2.12. The first-order valence-electron chi connectivity index (χ1n) is 33.6. The van der Waals surface area contributed by atoms with Crippen molar-refractivity contribution in [2.24, 2.45) is 0 Å². The number of benzene rings is 9. The average Bonchev–Trinajstić information content (AvgIpc) is 3.15. The summed E-state index contributed by atoms with van der Waals surface area (Å²) < 4.78 is 20.7. The molecule has 9 aromatic carbocycles. The molecular weight excluding hydrogens is 1080 g/mol. The van der Waals surface area contributed by atoms with E-state index in [0.29, 0.717) is 41.4 Å². The molecule has 0 atom stereocenters. The molecule has 9 rings (SSSR count). The molecule has 0 nitrogen and oxygen atoms in total.